The highest BCUT2D eigenvalue weighted by Crippen LogP contribution is 2.20. The molecule has 0 spiro atoms. The highest BCUT2D eigenvalue weighted by molar-refractivity contribution is 7.98. The molecular weight excluding hydrogens is 284 g/mol. The van der Waals surface area contributed by atoms with Gasteiger partial charge in [-0.3, -0.25) is 0 Å². The van der Waals surface area contributed by atoms with E-state index < -0.39 is 10.0 Å². The Labute approximate surface area is 119 Å². The molecular formula is C12H22N2O3S2. The molecule has 7 heteroatoms. The lowest BCUT2D eigenvalue weighted by atomic mass is 10.2. The second-order valence-electron chi connectivity index (χ2n) is 4.58. The van der Waals surface area contributed by atoms with Crippen LogP contribution in [0.25, 0.3) is 0 Å². The van der Waals surface area contributed by atoms with Gasteiger partial charge in [0.1, 0.15) is 16.4 Å². The van der Waals surface area contributed by atoms with Crippen molar-refractivity contribution in [3.05, 3.63) is 17.6 Å². The summed E-state index contributed by atoms with van der Waals surface area (Å²) in [5.74, 6) is 2.28. The molecule has 19 heavy (non-hydrogen) atoms. The molecule has 5 nitrogen and oxygen atoms in total. The number of hydrogen-bond acceptors (Lipinski definition) is 5. The van der Waals surface area contributed by atoms with E-state index >= 15 is 0 Å². The summed E-state index contributed by atoms with van der Waals surface area (Å²) in [5.41, 5.74) is 0. The quantitative estimate of drug-likeness (QED) is 0.763. The van der Waals surface area contributed by atoms with Crippen molar-refractivity contribution in [2.45, 2.75) is 25.3 Å². The molecule has 0 saturated heterocycles. The van der Waals surface area contributed by atoms with Gasteiger partial charge < -0.3 is 9.73 Å². The molecule has 0 aromatic carbocycles. The Balaban J connectivity index is 2.76. The van der Waals surface area contributed by atoms with Crippen LogP contribution in [0.4, 0.5) is 0 Å². The van der Waals surface area contributed by atoms with Gasteiger partial charge in [0.05, 0.1) is 6.54 Å². The van der Waals surface area contributed by atoms with E-state index in [2.05, 4.69) is 10.0 Å². The van der Waals surface area contributed by atoms with E-state index in [9.17, 15) is 8.42 Å². The number of nitrogens with one attached hydrogen (secondary N) is 2. The molecule has 1 aromatic rings. The second-order valence-corrected chi connectivity index (χ2v) is 7.22. The lowest BCUT2D eigenvalue weighted by Gasteiger charge is -2.11. The molecule has 1 heterocycles. The first-order chi connectivity index (χ1) is 8.90. The van der Waals surface area contributed by atoms with Crippen molar-refractivity contribution in [3.63, 3.8) is 0 Å². The molecule has 1 rings (SSSR count). The molecule has 2 N–H and O–H groups in total. The maximum absolute atomic E-state index is 12.2. The fraction of sp³-hybridized carbons (Fsp3) is 0.667. The van der Waals surface area contributed by atoms with Crippen LogP contribution in [0.1, 0.15) is 18.4 Å². The van der Waals surface area contributed by atoms with Crippen LogP contribution in [0.3, 0.4) is 0 Å². The van der Waals surface area contributed by atoms with Gasteiger partial charge in [0.15, 0.2) is 0 Å². The SMILES string of the molecule is CNCc1cc(S(=O)(=O)NCC(C)CSC)c(C)o1. The minimum atomic E-state index is -3.48. The van der Waals surface area contributed by atoms with E-state index in [0.717, 1.165) is 5.75 Å². The average molecular weight is 306 g/mol. The number of sulfonamides is 1. The highest BCUT2D eigenvalue weighted by Gasteiger charge is 2.21. The minimum Gasteiger partial charge on any atom is -0.464 e. The second kappa shape index (κ2) is 7.33. The molecule has 1 atom stereocenters. The zero-order valence-corrected chi connectivity index (χ0v) is 13.5. The van der Waals surface area contributed by atoms with Crippen LogP contribution in [0, 0.1) is 12.8 Å². The topological polar surface area (TPSA) is 71.3 Å². The van der Waals surface area contributed by atoms with Gasteiger partial charge in [-0.15, -0.1) is 0 Å². The number of hydrogen-bond donors (Lipinski definition) is 2. The van der Waals surface area contributed by atoms with Gasteiger partial charge in [0, 0.05) is 12.6 Å². The molecule has 0 radical (unpaired) electrons. The molecule has 0 aliphatic heterocycles. The predicted molar refractivity (Wildman–Crippen MR) is 78.9 cm³/mol. The molecule has 0 bridgehead atoms. The minimum absolute atomic E-state index is 0.231. The van der Waals surface area contributed by atoms with E-state index in [1.165, 1.54) is 0 Å². The van der Waals surface area contributed by atoms with Crippen molar-refractivity contribution in [2.75, 3.05) is 25.6 Å². The molecule has 0 fully saturated rings. The molecule has 0 aliphatic rings. The third-order valence-electron chi connectivity index (χ3n) is 2.64. The van der Waals surface area contributed by atoms with Crippen LogP contribution in [0.2, 0.25) is 0 Å². The monoisotopic (exact) mass is 306 g/mol. The van der Waals surface area contributed by atoms with Crippen LogP contribution in [-0.2, 0) is 16.6 Å². The molecule has 0 amide bonds. The maximum Gasteiger partial charge on any atom is 0.244 e. The van der Waals surface area contributed by atoms with Crippen LogP contribution in [0.5, 0.6) is 0 Å². The van der Waals surface area contributed by atoms with E-state index in [0.29, 0.717) is 30.5 Å². The molecule has 1 unspecified atom stereocenters. The third kappa shape index (κ3) is 4.83. The van der Waals surface area contributed by atoms with E-state index in [1.807, 2.05) is 13.2 Å². The van der Waals surface area contributed by atoms with Gasteiger partial charge in [-0.2, -0.15) is 11.8 Å². The summed E-state index contributed by atoms with van der Waals surface area (Å²) in [7, 11) is -1.70. The van der Waals surface area contributed by atoms with Gasteiger partial charge in [-0.25, -0.2) is 13.1 Å². The fourth-order valence-corrected chi connectivity index (χ4v) is 3.78. The summed E-state index contributed by atoms with van der Waals surface area (Å²) in [6.07, 6.45) is 2.01. The Bertz CT molecular complexity index is 497. The van der Waals surface area contributed by atoms with Crippen LogP contribution in [0.15, 0.2) is 15.4 Å². The van der Waals surface area contributed by atoms with E-state index in [1.54, 1.807) is 31.8 Å². The standard InChI is InChI=1S/C12H22N2O3S2/c1-9(8-18-4)6-14-19(15,16)12-5-11(7-13-3)17-10(12)2/h5,9,13-14H,6-8H2,1-4H3. The maximum atomic E-state index is 12.2. The first-order valence-electron chi connectivity index (χ1n) is 6.13. The van der Waals surface area contributed by atoms with E-state index in [-0.39, 0.29) is 4.90 Å². The zero-order chi connectivity index (χ0) is 14.5. The van der Waals surface area contributed by atoms with E-state index in [4.69, 9.17) is 4.42 Å². The molecule has 110 valence electrons. The fourth-order valence-electron chi connectivity index (χ4n) is 1.73. The van der Waals surface area contributed by atoms with Crippen LogP contribution >= 0.6 is 11.8 Å². The van der Waals surface area contributed by atoms with Gasteiger partial charge in [0.25, 0.3) is 0 Å². The summed E-state index contributed by atoms with van der Waals surface area (Å²) >= 11 is 1.71. The van der Waals surface area contributed by atoms with Gasteiger partial charge in [-0.05, 0) is 31.9 Å². The summed E-state index contributed by atoms with van der Waals surface area (Å²) in [6, 6.07) is 1.58. The Kier molecular flexibility index (Phi) is 6.38. The molecule has 0 saturated carbocycles. The summed E-state index contributed by atoms with van der Waals surface area (Å²) in [5, 5.41) is 2.93. The highest BCUT2D eigenvalue weighted by atomic mass is 32.2. The Hall–Kier alpha value is -0.500. The van der Waals surface area contributed by atoms with Crippen molar-refractivity contribution in [3.8, 4) is 0 Å². The van der Waals surface area contributed by atoms with Gasteiger partial charge >= 0.3 is 0 Å². The molecule has 1 aromatic heterocycles. The third-order valence-corrected chi connectivity index (χ3v) is 5.07. The van der Waals surface area contributed by atoms with Crippen LogP contribution < -0.4 is 10.0 Å². The normalized spacial score (nSPS) is 13.7. The van der Waals surface area contributed by atoms with Crippen molar-refractivity contribution >= 4 is 21.8 Å². The van der Waals surface area contributed by atoms with Gasteiger partial charge in [0.2, 0.25) is 10.0 Å². The van der Waals surface area contributed by atoms with Crippen LogP contribution in [-0.4, -0.2) is 34.0 Å². The van der Waals surface area contributed by atoms with Crippen molar-refractivity contribution in [1.29, 1.82) is 0 Å². The summed E-state index contributed by atoms with van der Waals surface area (Å²) < 4.78 is 32.4. The Morgan fingerprint density at radius 2 is 2.16 bits per heavy atom. The Morgan fingerprint density at radius 1 is 1.47 bits per heavy atom. The number of rotatable bonds is 8. The first-order valence-corrected chi connectivity index (χ1v) is 9.01. The lowest BCUT2D eigenvalue weighted by molar-refractivity contribution is 0.465. The van der Waals surface area contributed by atoms with Gasteiger partial charge in [-0.1, -0.05) is 6.92 Å². The Morgan fingerprint density at radius 3 is 2.74 bits per heavy atom. The predicted octanol–water partition coefficient (Wildman–Crippen LogP) is 1.58. The van der Waals surface area contributed by atoms with Crippen molar-refractivity contribution < 1.29 is 12.8 Å². The number of furan rings is 1. The zero-order valence-electron chi connectivity index (χ0n) is 11.8. The average Bonchev–Trinajstić information content (AvgIpc) is 2.70. The molecule has 0 aliphatic carbocycles. The van der Waals surface area contributed by atoms with Crippen molar-refractivity contribution in [2.24, 2.45) is 5.92 Å². The number of thioether (sulfide) groups is 1. The van der Waals surface area contributed by atoms with Crippen molar-refractivity contribution in [1.82, 2.24) is 10.0 Å². The largest absolute Gasteiger partial charge is 0.464 e. The number of aryl methyl sites for hydroxylation is 1. The first kappa shape index (κ1) is 16.6. The lowest BCUT2D eigenvalue weighted by Crippen LogP contribution is -2.29. The summed E-state index contributed by atoms with van der Waals surface area (Å²) in [6.45, 7) is 4.64. The summed E-state index contributed by atoms with van der Waals surface area (Å²) in [4.78, 5) is 0.231. The smallest absolute Gasteiger partial charge is 0.244 e.